The number of aromatic nitrogens is 8. The molecule has 3 aliphatic rings. The van der Waals surface area contributed by atoms with Gasteiger partial charge in [-0.05, 0) is 112 Å². The van der Waals surface area contributed by atoms with Crippen molar-refractivity contribution < 1.29 is 42.2 Å². The van der Waals surface area contributed by atoms with Crippen LogP contribution in [0.15, 0.2) is 146 Å². The molecule has 0 spiro atoms. The van der Waals surface area contributed by atoms with Crippen LogP contribution in [0.3, 0.4) is 0 Å². The number of aromatic amines is 3. The van der Waals surface area contributed by atoms with E-state index < -0.39 is 29.3 Å². The van der Waals surface area contributed by atoms with Gasteiger partial charge in [0, 0.05) is 42.8 Å². The second kappa shape index (κ2) is 27.2. The fraction of sp³-hybridized carbons (Fsp3) is 0.365. The molecule has 3 aliphatic carbocycles. The standard InChI is InChI=1S/C30H30F3N5O2.C17H20N2O2.C16H18N2O2/c31-30(32,33)27-24(19-38(37-27)23-10-5-2-6-11-23)29(40)34-17-7-12-26(39)21-13-15-22(16-14-21)28-35-18-25(36-28)20-8-3-1-4-9-20;1-21-17(20)14-9-7-13(8-10-14)16-18-11-15(19-16)12-5-3-2-4-6-12;19-16(20)13-8-6-12(7-9-13)15-17-10-14(18-15)11-4-2-1-3-5-11/h1-6,8-11,18-19,21-22H,7,12-17H2,(H,34,40)(H,35,36);2-6,11,13-14H,7-10H2,1H3,(H,18,19);1-5,10,12-13H,6-9H2,(H,17,18)(H,19,20). The van der Waals surface area contributed by atoms with Gasteiger partial charge in [-0.1, -0.05) is 109 Å². The predicted molar refractivity (Wildman–Crippen MR) is 301 cm³/mol. The second-order valence-electron chi connectivity index (χ2n) is 21.1. The smallest absolute Gasteiger partial charge is 0.435 e. The molecule has 0 unspecified atom stereocenters. The second-order valence-corrected chi connectivity index (χ2v) is 21.1. The molecule has 4 aromatic carbocycles. The van der Waals surface area contributed by atoms with E-state index in [1.165, 1.54) is 7.11 Å². The van der Waals surface area contributed by atoms with Gasteiger partial charge in [-0.3, -0.25) is 19.2 Å². The number of halogens is 3. The minimum Gasteiger partial charge on any atom is -0.481 e. The number of para-hydroxylation sites is 1. The largest absolute Gasteiger partial charge is 0.481 e. The number of hydrogen-bond acceptors (Lipinski definition) is 9. The topological polar surface area (TPSA) is 214 Å². The maximum Gasteiger partial charge on any atom is 0.435 e. The number of hydrogen-bond donors (Lipinski definition) is 5. The summed E-state index contributed by atoms with van der Waals surface area (Å²) >= 11 is 0. The van der Waals surface area contributed by atoms with E-state index in [1.54, 1.807) is 30.3 Å². The Hall–Kier alpha value is -8.41. The summed E-state index contributed by atoms with van der Waals surface area (Å²) < 4.78 is 46.5. The van der Waals surface area contributed by atoms with Gasteiger partial charge in [0.05, 0.1) is 65.9 Å². The number of esters is 1. The Morgan fingerprint density at radius 1 is 0.580 bits per heavy atom. The number of rotatable bonds is 15. The molecule has 4 heterocycles. The van der Waals surface area contributed by atoms with Crippen LogP contribution in [0.25, 0.3) is 39.5 Å². The zero-order valence-corrected chi connectivity index (χ0v) is 45.3. The van der Waals surface area contributed by atoms with Crippen LogP contribution in [0.1, 0.15) is 141 Å². The summed E-state index contributed by atoms with van der Waals surface area (Å²) in [5.74, 6) is 2.42. The molecule has 0 radical (unpaired) electrons. The number of H-pyrrole nitrogens is 3. The number of carbonyl (C=O) groups is 4. The molecule has 3 saturated carbocycles. The van der Waals surface area contributed by atoms with E-state index in [9.17, 15) is 32.3 Å². The van der Waals surface area contributed by atoms with Crippen molar-refractivity contribution in [2.24, 2.45) is 17.8 Å². The molecule has 4 aromatic heterocycles. The lowest BCUT2D eigenvalue weighted by molar-refractivity contribution is -0.146. The molecule has 0 aliphatic heterocycles. The summed E-state index contributed by atoms with van der Waals surface area (Å²) in [6.07, 6.45) is 12.9. The first-order valence-electron chi connectivity index (χ1n) is 28.0. The van der Waals surface area contributed by atoms with Crippen molar-refractivity contribution in [2.75, 3.05) is 13.7 Å². The monoisotopic (exact) mass is 1100 g/mol. The van der Waals surface area contributed by atoms with Crippen LogP contribution in [0.4, 0.5) is 13.2 Å². The van der Waals surface area contributed by atoms with E-state index in [2.05, 4.69) is 64.6 Å². The summed E-state index contributed by atoms with van der Waals surface area (Å²) in [6.45, 7) is 0.0996. The van der Waals surface area contributed by atoms with Crippen molar-refractivity contribution in [1.82, 2.24) is 45.0 Å². The van der Waals surface area contributed by atoms with Gasteiger partial charge in [0.1, 0.15) is 23.3 Å². The van der Waals surface area contributed by atoms with Crippen LogP contribution in [0.5, 0.6) is 0 Å². The van der Waals surface area contributed by atoms with Crippen molar-refractivity contribution in [3.05, 3.63) is 175 Å². The third kappa shape index (κ3) is 15.1. The summed E-state index contributed by atoms with van der Waals surface area (Å²) in [4.78, 5) is 71.7. The number of nitrogens with zero attached hydrogens (tertiary/aromatic N) is 5. The predicted octanol–water partition coefficient (Wildman–Crippen LogP) is 13.3. The number of aliphatic carboxylic acids is 1. The SMILES string of the molecule is COC(=O)C1CCC(c2ncc(-c3ccccc3)[nH]2)CC1.O=C(NCCCC(=O)C1CCC(c2ncc(-c3ccccc3)[nH]2)CC1)c1cn(-c2ccccc2)nc1C(F)(F)F.O=C(O)C1CCC(c2ncc(-c3ccccc3)[nH]2)CC1. The summed E-state index contributed by atoms with van der Waals surface area (Å²) in [6, 6.07) is 38.6. The average Bonchev–Trinajstić information content (AvgIpc) is 4.56. The molecule has 11 rings (SSSR count). The molecule has 0 saturated heterocycles. The molecule has 15 nitrogen and oxygen atoms in total. The first kappa shape index (κ1) is 57.3. The first-order valence-corrected chi connectivity index (χ1v) is 28.0. The number of Topliss-reactive ketones (excluding diaryl/α,β-unsaturated/α-hetero) is 1. The van der Waals surface area contributed by atoms with Crippen molar-refractivity contribution in [3.63, 3.8) is 0 Å². The number of carbonyl (C=O) groups excluding carboxylic acids is 3. The zero-order valence-electron chi connectivity index (χ0n) is 45.3. The lowest BCUT2D eigenvalue weighted by Crippen LogP contribution is -2.28. The summed E-state index contributed by atoms with van der Waals surface area (Å²) in [5, 5.41) is 15.2. The molecule has 1 amide bonds. The molecule has 0 bridgehead atoms. The van der Waals surface area contributed by atoms with Crippen LogP contribution < -0.4 is 5.32 Å². The average molecular weight is 1100 g/mol. The van der Waals surface area contributed by atoms with Crippen molar-refractivity contribution in [3.8, 4) is 39.5 Å². The number of benzene rings is 4. The van der Waals surface area contributed by atoms with Crippen LogP contribution in [-0.4, -0.2) is 82.1 Å². The highest BCUT2D eigenvalue weighted by Gasteiger charge is 2.39. The van der Waals surface area contributed by atoms with Crippen molar-refractivity contribution >= 4 is 23.6 Å². The maximum absolute atomic E-state index is 13.5. The number of ether oxygens (including phenoxy) is 1. The van der Waals surface area contributed by atoms with E-state index in [4.69, 9.17) is 9.84 Å². The molecule has 422 valence electrons. The Bertz CT molecular complexity index is 3280. The number of alkyl halides is 3. The summed E-state index contributed by atoms with van der Waals surface area (Å²) in [7, 11) is 1.47. The Morgan fingerprint density at radius 2 is 0.975 bits per heavy atom. The highest BCUT2D eigenvalue weighted by atomic mass is 19.4. The highest BCUT2D eigenvalue weighted by Crippen LogP contribution is 2.39. The van der Waals surface area contributed by atoms with Crippen molar-refractivity contribution in [2.45, 2.75) is 114 Å². The number of carboxylic acids is 1. The Balaban J connectivity index is 0.000000162. The van der Waals surface area contributed by atoms with E-state index in [0.717, 1.165) is 139 Å². The molecule has 0 atom stereocenters. The van der Waals surface area contributed by atoms with Gasteiger partial charge < -0.3 is 30.1 Å². The van der Waals surface area contributed by atoms with Gasteiger partial charge in [0.25, 0.3) is 5.91 Å². The third-order valence-corrected chi connectivity index (χ3v) is 15.9. The molecule has 81 heavy (non-hydrogen) atoms. The van der Waals surface area contributed by atoms with Gasteiger partial charge in [0.15, 0.2) is 5.69 Å². The Morgan fingerprint density at radius 3 is 1.37 bits per heavy atom. The third-order valence-electron chi connectivity index (χ3n) is 15.9. The van der Waals surface area contributed by atoms with Gasteiger partial charge in [-0.2, -0.15) is 18.3 Å². The van der Waals surface area contributed by atoms with E-state index in [1.807, 2.05) is 85.3 Å². The molecule has 8 aromatic rings. The number of carboxylic acid groups (broad SMARTS) is 1. The van der Waals surface area contributed by atoms with Crippen LogP contribution >= 0.6 is 0 Å². The quantitative estimate of drug-likeness (QED) is 0.0484. The minimum absolute atomic E-state index is 0.0450. The van der Waals surface area contributed by atoms with E-state index in [-0.39, 0.29) is 48.4 Å². The van der Waals surface area contributed by atoms with Crippen LogP contribution in [0, 0.1) is 17.8 Å². The fourth-order valence-electron chi connectivity index (χ4n) is 11.2. The molecular formula is C63H68F3N9O6. The number of methoxy groups -OCH3 is 1. The van der Waals surface area contributed by atoms with Crippen LogP contribution in [0.2, 0.25) is 0 Å². The first-order chi connectivity index (χ1) is 39.3. The normalized spacial score (nSPS) is 19.9. The maximum atomic E-state index is 13.5. The number of nitrogens with one attached hydrogen (secondary N) is 4. The molecule has 5 N–H and O–H groups in total. The van der Waals surface area contributed by atoms with E-state index in [0.29, 0.717) is 23.9 Å². The summed E-state index contributed by atoms with van der Waals surface area (Å²) in [5.41, 5.74) is 5.05. The Kier molecular flexibility index (Phi) is 19.2. The lowest BCUT2D eigenvalue weighted by atomic mass is 9.79. The fourth-order valence-corrected chi connectivity index (χ4v) is 11.2. The number of amides is 1. The van der Waals surface area contributed by atoms with Crippen LogP contribution in [-0.2, 0) is 25.3 Å². The highest BCUT2D eigenvalue weighted by molar-refractivity contribution is 5.95. The van der Waals surface area contributed by atoms with E-state index >= 15 is 0 Å². The molecule has 3 fully saturated rings. The number of imidazole rings is 3. The minimum atomic E-state index is -4.78. The molecular weight excluding hydrogens is 1040 g/mol. The number of ketones is 1. The van der Waals surface area contributed by atoms with Gasteiger partial charge in [0.2, 0.25) is 0 Å². The van der Waals surface area contributed by atoms with Gasteiger partial charge in [-0.15, -0.1) is 0 Å². The van der Waals surface area contributed by atoms with Crippen molar-refractivity contribution in [1.29, 1.82) is 0 Å². The molecule has 18 heteroatoms. The lowest BCUT2D eigenvalue weighted by Gasteiger charge is -2.26. The van der Waals surface area contributed by atoms with Gasteiger partial charge in [-0.25, -0.2) is 19.6 Å². The van der Waals surface area contributed by atoms with Gasteiger partial charge >= 0.3 is 18.1 Å². The zero-order chi connectivity index (χ0) is 56.7. The Labute approximate surface area is 468 Å².